The number of nitrogens with one attached hydrogen (secondary N) is 1. The minimum atomic E-state index is -3.78. The van der Waals surface area contributed by atoms with Crippen LogP contribution < -0.4 is 9.62 Å². The summed E-state index contributed by atoms with van der Waals surface area (Å²) in [5.41, 5.74) is 3.44. The Balaban J connectivity index is 2.03. The summed E-state index contributed by atoms with van der Waals surface area (Å²) in [6.07, 6.45) is 0.731. The van der Waals surface area contributed by atoms with Crippen LogP contribution in [0.15, 0.2) is 48.5 Å². The molecule has 1 saturated heterocycles. The van der Waals surface area contributed by atoms with E-state index >= 15 is 8.63 Å². The fraction of sp³-hybridized carbons (Fsp3) is 0.368. The van der Waals surface area contributed by atoms with Gasteiger partial charge in [0, 0.05) is 18.2 Å². The molecular formula is C19H25BF2N2. The van der Waals surface area contributed by atoms with Gasteiger partial charge in [0.15, 0.2) is 0 Å². The molecule has 2 nitrogen and oxygen atoms in total. The third kappa shape index (κ3) is 2.93. The van der Waals surface area contributed by atoms with Gasteiger partial charge in [-0.1, -0.05) is 35.4 Å². The molecule has 0 spiro atoms. The van der Waals surface area contributed by atoms with Gasteiger partial charge in [0.25, 0.3) is 0 Å². The van der Waals surface area contributed by atoms with E-state index in [1.807, 2.05) is 76.2 Å². The van der Waals surface area contributed by atoms with E-state index < -0.39 is 6.97 Å². The van der Waals surface area contributed by atoms with Gasteiger partial charge in [-0.3, -0.25) is 0 Å². The van der Waals surface area contributed by atoms with Crippen molar-refractivity contribution in [2.24, 2.45) is 0 Å². The van der Waals surface area contributed by atoms with Crippen molar-refractivity contribution in [1.29, 1.82) is 0 Å². The summed E-state index contributed by atoms with van der Waals surface area (Å²) in [7, 11) is 0. The Morgan fingerprint density at radius 1 is 0.917 bits per heavy atom. The van der Waals surface area contributed by atoms with Crippen LogP contribution in [0.25, 0.3) is 0 Å². The SMILES string of the molecule is Cc1ccc(N2C(C)CC(C)[NH+](c3ccc(C)cc3)[B-]2(F)F)cc1. The second kappa shape index (κ2) is 6.21. The zero-order valence-corrected chi connectivity index (χ0v) is 14.8. The molecule has 0 amide bonds. The Labute approximate surface area is 143 Å². The maximum absolute atomic E-state index is 15.6. The van der Waals surface area contributed by atoms with Gasteiger partial charge in [-0.25, -0.2) is 0 Å². The lowest BCUT2D eigenvalue weighted by molar-refractivity contribution is -0.771. The molecule has 0 radical (unpaired) electrons. The van der Waals surface area contributed by atoms with E-state index in [9.17, 15) is 0 Å². The maximum atomic E-state index is 15.6. The molecule has 24 heavy (non-hydrogen) atoms. The van der Waals surface area contributed by atoms with Crippen molar-refractivity contribution in [2.75, 3.05) is 4.81 Å². The number of nitrogens with zero attached hydrogens (tertiary/aromatic N) is 1. The molecule has 0 aromatic heterocycles. The van der Waals surface area contributed by atoms with Crippen molar-refractivity contribution in [1.82, 2.24) is 0 Å². The Bertz CT molecular complexity index is 641. The zero-order valence-electron chi connectivity index (χ0n) is 14.8. The normalized spacial score (nSPS) is 26.4. The fourth-order valence-electron chi connectivity index (χ4n) is 3.95. The molecule has 1 N–H and O–H groups in total. The van der Waals surface area contributed by atoms with Crippen LogP contribution in [0, 0.1) is 13.8 Å². The number of aryl methyl sites for hydroxylation is 2. The number of rotatable bonds is 2. The molecule has 2 aromatic carbocycles. The molecule has 0 bridgehead atoms. The van der Waals surface area contributed by atoms with Gasteiger partial charge < -0.3 is 18.3 Å². The molecule has 5 heteroatoms. The summed E-state index contributed by atoms with van der Waals surface area (Å²) in [5, 5.41) is 0. The van der Waals surface area contributed by atoms with Crippen LogP contribution in [0.5, 0.6) is 0 Å². The molecule has 0 saturated carbocycles. The van der Waals surface area contributed by atoms with E-state index in [0.717, 1.165) is 17.5 Å². The number of hydrogen-bond donors (Lipinski definition) is 1. The van der Waals surface area contributed by atoms with Gasteiger partial charge in [-0.05, 0) is 52.0 Å². The first-order chi connectivity index (χ1) is 11.3. The minimum Gasteiger partial charge on any atom is -0.427 e. The van der Waals surface area contributed by atoms with Gasteiger partial charge in [0.1, 0.15) is 0 Å². The first kappa shape index (κ1) is 17.0. The predicted octanol–water partition coefficient (Wildman–Crippen LogP) is 3.88. The molecule has 1 heterocycles. The third-order valence-corrected chi connectivity index (χ3v) is 5.14. The predicted molar refractivity (Wildman–Crippen MR) is 97.0 cm³/mol. The smallest absolute Gasteiger partial charge is 0.427 e. The van der Waals surface area contributed by atoms with E-state index in [0.29, 0.717) is 11.4 Å². The summed E-state index contributed by atoms with van der Waals surface area (Å²) in [5.74, 6) is 0. The average Bonchev–Trinajstić information content (AvgIpc) is 2.50. The first-order valence-corrected chi connectivity index (χ1v) is 8.62. The zero-order chi connectivity index (χ0) is 17.5. The van der Waals surface area contributed by atoms with Crippen LogP contribution in [-0.2, 0) is 0 Å². The highest BCUT2D eigenvalue weighted by molar-refractivity contribution is 6.62. The Hall–Kier alpha value is -1.88. The van der Waals surface area contributed by atoms with E-state index in [-0.39, 0.29) is 16.9 Å². The average molecular weight is 330 g/mol. The largest absolute Gasteiger partial charge is 0.660 e. The highest BCUT2D eigenvalue weighted by Crippen LogP contribution is 2.29. The molecule has 3 rings (SSSR count). The van der Waals surface area contributed by atoms with Crippen molar-refractivity contribution < 1.29 is 13.4 Å². The van der Waals surface area contributed by atoms with Gasteiger partial charge in [0.2, 0.25) is 0 Å². The van der Waals surface area contributed by atoms with Crippen LogP contribution in [0.3, 0.4) is 0 Å². The number of halogens is 2. The summed E-state index contributed by atoms with van der Waals surface area (Å²) in [4.78, 5) is 1.63. The summed E-state index contributed by atoms with van der Waals surface area (Å²) < 4.78 is 31.1. The van der Waals surface area contributed by atoms with Crippen molar-refractivity contribution >= 4 is 18.3 Å². The Morgan fingerprint density at radius 3 is 1.96 bits per heavy atom. The van der Waals surface area contributed by atoms with E-state index in [2.05, 4.69) is 0 Å². The quantitative estimate of drug-likeness (QED) is 0.821. The Morgan fingerprint density at radius 2 is 1.42 bits per heavy atom. The summed E-state index contributed by atoms with van der Waals surface area (Å²) in [6, 6.07) is 14.6. The number of quaternary nitrogens is 1. The lowest BCUT2D eigenvalue weighted by Gasteiger charge is -2.53. The monoisotopic (exact) mass is 330 g/mol. The van der Waals surface area contributed by atoms with Crippen LogP contribution in [-0.4, -0.2) is 19.1 Å². The van der Waals surface area contributed by atoms with Crippen molar-refractivity contribution in [3.63, 3.8) is 0 Å². The van der Waals surface area contributed by atoms with Crippen LogP contribution in [0.1, 0.15) is 31.4 Å². The molecule has 2 aromatic rings. The molecule has 128 valence electrons. The van der Waals surface area contributed by atoms with Crippen molar-refractivity contribution in [3.05, 3.63) is 59.7 Å². The molecule has 3 atom stereocenters. The Kier molecular flexibility index (Phi) is 4.39. The van der Waals surface area contributed by atoms with Gasteiger partial charge in [0.05, 0.1) is 11.7 Å². The number of anilines is 1. The second-order valence-electron chi connectivity index (χ2n) is 7.17. The van der Waals surface area contributed by atoms with Gasteiger partial charge in [-0.15, -0.1) is 0 Å². The van der Waals surface area contributed by atoms with E-state index in [1.54, 1.807) is 0 Å². The minimum absolute atomic E-state index is 0.126. The lowest BCUT2D eigenvalue weighted by atomic mass is 9.78. The number of hydrogen-bond acceptors (Lipinski definition) is 1. The van der Waals surface area contributed by atoms with E-state index in [4.69, 9.17) is 0 Å². The molecular weight excluding hydrogens is 305 g/mol. The summed E-state index contributed by atoms with van der Waals surface area (Å²) >= 11 is 0. The molecule has 1 aliphatic rings. The second-order valence-corrected chi connectivity index (χ2v) is 7.17. The van der Waals surface area contributed by atoms with Crippen LogP contribution in [0.4, 0.5) is 20.0 Å². The van der Waals surface area contributed by atoms with Crippen molar-refractivity contribution in [2.45, 2.75) is 46.2 Å². The van der Waals surface area contributed by atoms with Gasteiger partial charge >= 0.3 is 6.97 Å². The topological polar surface area (TPSA) is 7.68 Å². The van der Waals surface area contributed by atoms with E-state index in [1.165, 1.54) is 4.81 Å². The highest BCUT2D eigenvalue weighted by atomic mass is 19.2. The lowest BCUT2D eigenvalue weighted by Crippen LogP contribution is -3.24. The van der Waals surface area contributed by atoms with Gasteiger partial charge in [-0.2, -0.15) is 0 Å². The standard InChI is InChI=1S/C19H25BF2N2/c1-14-5-9-18(10-6-14)23-16(3)13-17(4)24(20(23,21)22)19-11-7-15(2)8-12-19/h5-12,16-17,23H,13H2,1-4H3. The number of benzene rings is 2. The van der Waals surface area contributed by atoms with Crippen molar-refractivity contribution in [3.8, 4) is 0 Å². The highest BCUT2D eigenvalue weighted by Gasteiger charge is 2.55. The fourth-order valence-corrected chi connectivity index (χ4v) is 3.95. The van der Waals surface area contributed by atoms with Crippen LogP contribution >= 0.6 is 0 Å². The molecule has 1 aliphatic heterocycles. The molecule has 0 aliphatic carbocycles. The molecule has 3 unspecified atom stereocenters. The maximum Gasteiger partial charge on any atom is 0.660 e. The molecule has 1 fully saturated rings. The first-order valence-electron chi connectivity index (χ1n) is 8.62. The van der Waals surface area contributed by atoms with Crippen LogP contribution in [0.2, 0.25) is 0 Å². The summed E-state index contributed by atoms with van der Waals surface area (Å²) in [6.45, 7) is 3.99. The third-order valence-electron chi connectivity index (χ3n) is 5.14.